The predicted molar refractivity (Wildman–Crippen MR) is 91.3 cm³/mol. The van der Waals surface area contributed by atoms with Crippen molar-refractivity contribution < 1.29 is 13.2 Å². The van der Waals surface area contributed by atoms with Crippen LogP contribution in [0.4, 0.5) is 0 Å². The van der Waals surface area contributed by atoms with Gasteiger partial charge in [-0.25, -0.2) is 8.42 Å². The number of piperazine rings is 1. The van der Waals surface area contributed by atoms with Crippen LogP contribution in [0.3, 0.4) is 0 Å². The van der Waals surface area contributed by atoms with Gasteiger partial charge in [-0.2, -0.15) is 4.31 Å². The zero-order valence-electron chi connectivity index (χ0n) is 13.0. The third kappa shape index (κ3) is 4.38. The van der Waals surface area contributed by atoms with Crippen molar-refractivity contribution in [1.82, 2.24) is 9.21 Å². The largest absolute Gasteiger partial charge is 0.340 e. The molecule has 0 aromatic heterocycles. The topological polar surface area (TPSA) is 57.7 Å². The molecule has 1 heterocycles. The molecular formula is C15H20Cl2N2O3S. The van der Waals surface area contributed by atoms with Crippen LogP contribution in [-0.2, 0) is 14.8 Å². The minimum Gasteiger partial charge on any atom is -0.340 e. The van der Waals surface area contributed by atoms with Crippen molar-refractivity contribution in [3.63, 3.8) is 0 Å². The van der Waals surface area contributed by atoms with Gasteiger partial charge in [0.15, 0.2) is 0 Å². The Labute approximate surface area is 147 Å². The molecule has 0 aliphatic carbocycles. The Morgan fingerprint density at radius 1 is 1.17 bits per heavy atom. The van der Waals surface area contributed by atoms with E-state index in [1.165, 1.54) is 16.4 Å². The number of benzene rings is 1. The first-order chi connectivity index (χ1) is 10.9. The molecule has 0 spiro atoms. The van der Waals surface area contributed by atoms with Crippen molar-refractivity contribution in [2.45, 2.75) is 31.1 Å². The van der Waals surface area contributed by atoms with E-state index in [0.29, 0.717) is 24.5 Å². The summed E-state index contributed by atoms with van der Waals surface area (Å²) in [5, 5.41) is 0.470. The summed E-state index contributed by atoms with van der Waals surface area (Å²) < 4.78 is 26.7. The van der Waals surface area contributed by atoms with E-state index in [1.54, 1.807) is 11.0 Å². The number of sulfonamides is 1. The van der Waals surface area contributed by atoms with Crippen LogP contribution in [0.1, 0.15) is 26.2 Å². The van der Waals surface area contributed by atoms with E-state index in [4.69, 9.17) is 23.2 Å². The predicted octanol–water partition coefficient (Wildman–Crippen LogP) is 3.02. The molecule has 0 atom stereocenters. The van der Waals surface area contributed by atoms with Crippen LogP contribution in [-0.4, -0.2) is 49.7 Å². The SMILES string of the molecule is CCCCC(=O)N1CCN(S(=O)(=O)c2cc(Cl)ccc2Cl)CC1. The monoisotopic (exact) mass is 378 g/mol. The van der Waals surface area contributed by atoms with Gasteiger partial charge in [0.25, 0.3) is 0 Å². The Balaban J connectivity index is 2.07. The number of hydrogen-bond acceptors (Lipinski definition) is 3. The van der Waals surface area contributed by atoms with Crippen molar-refractivity contribution >= 4 is 39.1 Å². The first-order valence-electron chi connectivity index (χ1n) is 7.59. The van der Waals surface area contributed by atoms with Gasteiger partial charge >= 0.3 is 0 Å². The summed E-state index contributed by atoms with van der Waals surface area (Å²) in [5.74, 6) is 0.0877. The smallest absolute Gasteiger partial charge is 0.244 e. The van der Waals surface area contributed by atoms with Gasteiger partial charge in [-0.05, 0) is 24.6 Å². The Morgan fingerprint density at radius 3 is 2.43 bits per heavy atom. The highest BCUT2D eigenvalue weighted by Crippen LogP contribution is 2.28. The van der Waals surface area contributed by atoms with E-state index in [-0.39, 0.29) is 28.9 Å². The Hall–Kier alpha value is -0.820. The van der Waals surface area contributed by atoms with Gasteiger partial charge in [0.1, 0.15) is 4.90 Å². The van der Waals surface area contributed by atoms with Crippen molar-refractivity contribution in [2.24, 2.45) is 0 Å². The lowest BCUT2D eigenvalue weighted by atomic mass is 10.2. The molecule has 8 heteroatoms. The number of rotatable bonds is 5. The average molecular weight is 379 g/mol. The number of unbranched alkanes of at least 4 members (excludes halogenated alkanes) is 1. The molecule has 1 aliphatic rings. The zero-order valence-corrected chi connectivity index (χ0v) is 15.3. The van der Waals surface area contributed by atoms with E-state index in [1.807, 2.05) is 6.92 Å². The fourth-order valence-corrected chi connectivity index (χ4v) is 4.64. The van der Waals surface area contributed by atoms with Crippen molar-refractivity contribution in [1.29, 1.82) is 0 Å². The molecule has 1 fully saturated rings. The fourth-order valence-electron chi connectivity index (χ4n) is 2.48. The molecule has 5 nitrogen and oxygen atoms in total. The van der Waals surface area contributed by atoms with E-state index in [9.17, 15) is 13.2 Å². The Bertz CT molecular complexity index is 671. The zero-order chi connectivity index (χ0) is 17.0. The maximum Gasteiger partial charge on any atom is 0.244 e. The standard InChI is InChI=1S/C15H20Cl2N2O3S/c1-2-3-4-15(20)18-7-9-19(10-8-18)23(21,22)14-11-12(16)5-6-13(14)17/h5-6,11H,2-4,7-10H2,1H3. The maximum atomic E-state index is 12.7. The van der Waals surface area contributed by atoms with E-state index in [0.717, 1.165) is 12.8 Å². The molecule has 0 saturated carbocycles. The summed E-state index contributed by atoms with van der Waals surface area (Å²) in [6.07, 6.45) is 2.34. The molecule has 1 saturated heterocycles. The van der Waals surface area contributed by atoms with Crippen molar-refractivity contribution in [3.05, 3.63) is 28.2 Å². The molecule has 0 radical (unpaired) electrons. The molecular weight excluding hydrogens is 359 g/mol. The number of halogens is 2. The third-order valence-electron chi connectivity index (χ3n) is 3.85. The molecule has 1 amide bonds. The van der Waals surface area contributed by atoms with Gasteiger partial charge in [0, 0.05) is 37.6 Å². The van der Waals surface area contributed by atoms with Crippen LogP contribution in [0.25, 0.3) is 0 Å². The molecule has 2 rings (SSSR count). The molecule has 1 aliphatic heterocycles. The molecule has 0 unspecified atom stereocenters. The van der Waals surface area contributed by atoms with Crippen LogP contribution in [0.15, 0.2) is 23.1 Å². The summed E-state index contributed by atoms with van der Waals surface area (Å²) in [5.41, 5.74) is 0. The second-order valence-electron chi connectivity index (χ2n) is 5.46. The van der Waals surface area contributed by atoms with E-state index in [2.05, 4.69) is 0 Å². The van der Waals surface area contributed by atoms with Crippen LogP contribution < -0.4 is 0 Å². The summed E-state index contributed by atoms with van der Waals surface area (Å²) in [6, 6.07) is 4.38. The van der Waals surface area contributed by atoms with Gasteiger partial charge in [0.05, 0.1) is 5.02 Å². The second kappa shape index (κ2) is 7.83. The molecule has 0 N–H and O–H groups in total. The summed E-state index contributed by atoms with van der Waals surface area (Å²) >= 11 is 11.9. The lowest BCUT2D eigenvalue weighted by Crippen LogP contribution is -2.50. The molecule has 128 valence electrons. The molecule has 0 bridgehead atoms. The van der Waals surface area contributed by atoms with E-state index >= 15 is 0 Å². The van der Waals surface area contributed by atoms with E-state index < -0.39 is 10.0 Å². The minimum absolute atomic E-state index is 0.0115. The number of nitrogens with zero attached hydrogens (tertiary/aromatic N) is 2. The number of carbonyl (C=O) groups excluding carboxylic acids is 1. The third-order valence-corrected chi connectivity index (χ3v) is 6.46. The molecule has 23 heavy (non-hydrogen) atoms. The lowest BCUT2D eigenvalue weighted by molar-refractivity contribution is -0.132. The number of hydrogen-bond donors (Lipinski definition) is 0. The highest BCUT2D eigenvalue weighted by Gasteiger charge is 2.31. The first kappa shape index (κ1) is 18.5. The van der Waals surface area contributed by atoms with Gasteiger partial charge in [0.2, 0.25) is 15.9 Å². The summed E-state index contributed by atoms with van der Waals surface area (Å²) in [7, 11) is -3.70. The van der Waals surface area contributed by atoms with Gasteiger partial charge < -0.3 is 4.90 Å². The number of carbonyl (C=O) groups is 1. The van der Waals surface area contributed by atoms with Crippen molar-refractivity contribution in [3.8, 4) is 0 Å². The van der Waals surface area contributed by atoms with Crippen LogP contribution in [0.2, 0.25) is 10.0 Å². The first-order valence-corrected chi connectivity index (χ1v) is 9.79. The Kier molecular flexibility index (Phi) is 6.31. The molecule has 1 aromatic carbocycles. The van der Waals surface area contributed by atoms with Crippen LogP contribution >= 0.6 is 23.2 Å². The lowest BCUT2D eigenvalue weighted by Gasteiger charge is -2.34. The van der Waals surface area contributed by atoms with Gasteiger partial charge in [-0.1, -0.05) is 36.5 Å². The van der Waals surface area contributed by atoms with Gasteiger partial charge in [-0.15, -0.1) is 0 Å². The van der Waals surface area contributed by atoms with Crippen LogP contribution in [0, 0.1) is 0 Å². The summed E-state index contributed by atoms with van der Waals surface area (Å²) in [6.45, 7) is 3.37. The Morgan fingerprint density at radius 2 is 1.83 bits per heavy atom. The minimum atomic E-state index is -3.70. The normalized spacial score (nSPS) is 16.6. The highest BCUT2D eigenvalue weighted by atomic mass is 35.5. The van der Waals surface area contributed by atoms with Gasteiger partial charge in [-0.3, -0.25) is 4.79 Å². The summed E-state index contributed by atoms with van der Waals surface area (Å²) in [4.78, 5) is 13.7. The fraction of sp³-hybridized carbons (Fsp3) is 0.533. The van der Waals surface area contributed by atoms with Crippen LogP contribution in [0.5, 0.6) is 0 Å². The maximum absolute atomic E-state index is 12.7. The average Bonchev–Trinajstić information content (AvgIpc) is 2.54. The second-order valence-corrected chi connectivity index (χ2v) is 8.21. The number of amides is 1. The van der Waals surface area contributed by atoms with Crippen molar-refractivity contribution in [2.75, 3.05) is 26.2 Å². The highest BCUT2D eigenvalue weighted by molar-refractivity contribution is 7.89. The molecule has 1 aromatic rings. The quantitative estimate of drug-likeness (QED) is 0.790.